The number of hydrogen-bond acceptors (Lipinski definition) is 1. The van der Waals surface area contributed by atoms with E-state index in [9.17, 15) is 4.39 Å². The van der Waals surface area contributed by atoms with Gasteiger partial charge in [0, 0.05) is 24.1 Å². The van der Waals surface area contributed by atoms with Crippen LogP contribution >= 0.6 is 15.9 Å². The molecule has 0 saturated carbocycles. The zero-order chi connectivity index (χ0) is 12.8. The average Bonchev–Trinajstić information content (AvgIpc) is 2.30. The largest absolute Gasteiger partial charge is 0.371 e. The first kappa shape index (κ1) is 14.5. The van der Waals surface area contributed by atoms with E-state index in [1.165, 1.54) is 6.07 Å². The zero-order valence-electron chi connectivity index (χ0n) is 10.8. The van der Waals surface area contributed by atoms with Crippen LogP contribution in [0, 0.1) is 17.7 Å². The molecule has 0 amide bonds. The second-order valence-electron chi connectivity index (χ2n) is 4.68. The van der Waals surface area contributed by atoms with Gasteiger partial charge in [0.15, 0.2) is 0 Å². The predicted molar refractivity (Wildman–Crippen MR) is 76.4 cm³/mol. The van der Waals surface area contributed by atoms with Gasteiger partial charge in [-0.1, -0.05) is 35.8 Å². The van der Waals surface area contributed by atoms with Gasteiger partial charge in [0.2, 0.25) is 0 Å². The second kappa shape index (κ2) is 7.00. The molecule has 1 aromatic rings. The highest BCUT2D eigenvalue weighted by Gasteiger charge is 2.16. The van der Waals surface area contributed by atoms with E-state index in [0.29, 0.717) is 11.8 Å². The van der Waals surface area contributed by atoms with Crippen LogP contribution < -0.4 is 4.90 Å². The number of anilines is 1. The third kappa shape index (κ3) is 4.30. The van der Waals surface area contributed by atoms with Crippen molar-refractivity contribution in [3.63, 3.8) is 0 Å². The molecule has 0 aliphatic carbocycles. The Morgan fingerprint density at radius 3 is 2.53 bits per heavy atom. The van der Waals surface area contributed by atoms with Gasteiger partial charge >= 0.3 is 0 Å². The maximum Gasteiger partial charge on any atom is 0.125 e. The molecule has 0 radical (unpaired) electrons. The molecular weight excluding hydrogens is 281 g/mol. The molecule has 3 heteroatoms. The summed E-state index contributed by atoms with van der Waals surface area (Å²) in [6, 6.07) is 6.83. The van der Waals surface area contributed by atoms with Gasteiger partial charge in [-0.05, 0) is 37.0 Å². The molecule has 96 valence electrons. The molecule has 1 atom stereocenters. The maximum absolute atomic E-state index is 13.2. The van der Waals surface area contributed by atoms with Crippen molar-refractivity contribution in [1.82, 2.24) is 0 Å². The molecule has 17 heavy (non-hydrogen) atoms. The number of hydrogen-bond donors (Lipinski definition) is 0. The highest BCUT2D eigenvalue weighted by atomic mass is 79.9. The highest BCUT2D eigenvalue weighted by molar-refractivity contribution is 9.09. The van der Waals surface area contributed by atoms with Crippen molar-refractivity contribution in [2.45, 2.75) is 20.8 Å². The molecule has 0 saturated heterocycles. The Bertz CT molecular complexity index is 341. The number of rotatable bonds is 6. The predicted octanol–water partition coefficient (Wildman–Crippen LogP) is 4.32. The van der Waals surface area contributed by atoms with E-state index in [1.54, 1.807) is 12.1 Å². The first-order chi connectivity index (χ1) is 8.08. The summed E-state index contributed by atoms with van der Waals surface area (Å²) in [5, 5.41) is 0.983. The van der Waals surface area contributed by atoms with E-state index in [-0.39, 0.29) is 5.82 Å². The van der Waals surface area contributed by atoms with Gasteiger partial charge < -0.3 is 4.90 Å². The van der Waals surface area contributed by atoms with Crippen LogP contribution in [0.15, 0.2) is 24.3 Å². The molecule has 0 aliphatic rings. The third-order valence-electron chi connectivity index (χ3n) is 3.15. The SMILES string of the molecule is CCN(CC(CBr)C(C)C)c1cccc(F)c1. The second-order valence-corrected chi connectivity index (χ2v) is 5.32. The minimum absolute atomic E-state index is 0.166. The molecule has 1 unspecified atom stereocenters. The number of halogens is 2. The summed E-state index contributed by atoms with van der Waals surface area (Å²) in [6.07, 6.45) is 0. The van der Waals surface area contributed by atoms with Crippen LogP contribution in [-0.2, 0) is 0 Å². The molecule has 0 bridgehead atoms. The molecule has 0 N–H and O–H groups in total. The topological polar surface area (TPSA) is 3.24 Å². The minimum atomic E-state index is -0.166. The standard InChI is InChI=1S/C14H21BrFN/c1-4-17(10-12(9-15)11(2)3)14-7-5-6-13(16)8-14/h5-8,11-12H,4,9-10H2,1-3H3. The lowest BCUT2D eigenvalue weighted by Gasteiger charge is -2.29. The Hall–Kier alpha value is -0.570. The van der Waals surface area contributed by atoms with E-state index in [2.05, 4.69) is 41.6 Å². The Morgan fingerprint density at radius 1 is 1.35 bits per heavy atom. The molecule has 1 nitrogen and oxygen atoms in total. The van der Waals surface area contributed by atoms with Crippen LogP contribution in [0.2, 0.25) is 0 Å². The molecule has 0 fully saturated rings. The third-order valence-corrected chi connectivity index (χ3v) is 3.98. The molecule has 1 rings (SSSR count). The molecule has 0 aromatic heterocycles. The lowest BCUT2D eigenvalue weighted by atomic mass is 9.97. The summed E-state index contributed by atoms with van der Waals surface area (Å²) in [5.41, 5.74) is 0.971. The van der Waals surface area contributed by atoms with Crippen molar-refractivity contribution < 1.29 is 4.39 Å². The van der Waals surface area contributed by atoms with Crippen molar-refractivity contribution in [2.75, 3.05) is 23.3 Å². The average molecular weight is 302 g/mol. The van der Waals surface area contributed by atoms with Crippen LogP contribution in [0.1, 0.15) is 20.8 Å². The highest BCUT2D eigenvalue weighted by Crippen LogP contribution is 2.21. The van der Waals surface area contributed by atoms with Crippen LogP contribution in [0.3, 0.4) is 0 Å². The molecule has 0 heterocycles. The van der Waals surface area contributed by atoms with Gasteiger partial charge in [-0.15, -0.1) is 0 Å². The number of benzene rings is 1. The summed E-state index contributed by atoms with van der Waals surface area (Å²) in [7, 11) is 0. The number of nitrogens with zero attached hydrogens (tertiary/aromatic N) is 1. The Kier molecular flexibility index (Phi) is 5.96. The summed E-state index contributed by atoms with van der Waals surface area (Å²) in [4.78, 5) is 2.23. The van der Waals surface area contributed by atoms with Crippen LogP contribution in [0.4, 0.5) is 10.1 Å². The first-order valence-electron chi connectivity index (χ1n) is 6.15. The van der Waals surface area contributed by atoms with E-state index in [1.807, 2.05) is 6.07 Å². The van der Waals surface area contributed by atoms with Crippen molar-refractivity contribution in [2.24, 2.45) is 11.8 Å². The fraction of sp³-hybridized carbons (Fsp3) is 0.571. The van der Waals surface area contributed by atoms with Crippen molar-refractivity contribution in [3.05, 3.63) is 30.1 Å². The van der Waals surface area contributed by atoms with Gasteiger partial charge in [-0.2, -0.15) is 0 Å². The lowest BCUT2D eigenvalue weighted by Crippen LogP contribution is -2.32. The molecule has 0 spiro atoms. The molecule has 1 aromatic carbocycles. The van der Waals surface area contributed by atoms with Crippen molar-refractivity contribution >= 4 is 21.6 Å². The van der Waals surface area contributed by atoms with Crippen molar-refractivity contribution in [3.8, 4) is 0 Å². The molecule has 0 aliphatic heterocycles. The van der Waals surface area contributed by atoms with Crippen molar-refractivity contribution in [1.29, 1.82) is 0 Å². The Balaban J connectivity index is 2.78. The summed E-state index contributed by atoms with van der Waals surface area (Å²) in [6.45, 7) is 8.43. The first-order valence-corrected chi connectivity index (χ1v) is 7.27. The van der Waals surface area contributed by atoms with Gasteiger partial charge in [0.05, 0.1) is 0 Å². The van der Waals surface area contributed by atoms with E-state index >= 15 is 0 Å². The van der Waals surface area contributed by atoms with Gasteiger partial charge in [-0.25, -0.2) is 4.39 Å². The Morgan fingerprint density at radius 2 is 2.06 bits per heavy atom. The number of alkyl halides is 1. The monoisotopic (exact) mass is 301 g/mol. The summed E-state index contributed by atoms with van der Waals surface area (Å²) >= 11 is 3.56. The van der Waals surface area contributed by atoms with Gasteiger partial charge in [-0.3, -0.25) is 0 Å². The maximum atomic E-state index is 13.2. The fourth-order valence-corrected chi connectivity index (χ4v) is 2.76. The zero-order valence-corrected chi connectivity index (χ0v) is 12.4. The van der Waals surface area contributed by atoms with Crippen LogP contribution in [-0.4, -0.2) is 18.4 Å². The summed E-state index contributed by atoms with van der Waals surface area (Å²) in [5.74, 6) is 1.04. The quantitative estimate of drug-likeness (QED) is 0.707. The van der Waals surface area contributed by atoms with E-state index in [4.69, 9.17) is 0 Å². The van der Waals surface area contributed by atoms with Crippen LogP contribution in [0.25, 0.3) is 0 Å². The normalized spacial score (nSPS) is 12.8. The lowest BCUT2D eigenvalue weighted by molar-refractivity contribution is 0.427. The minimum Gasteiger partial charge on any atom is -0.371 e. The smallest absolute Gasteiger partial charge is 0.125 e. The summed E-state index contributed by atoms with van der Waals surface area (Å²) < 4.78 is 13.2. The fourth-order valence-electron chi connectivity index (χ4n) is 1.81. The van der Waals surface area contributed by atoms with Gasteiger partial charge in [0.25, 0.3) is 0 Å². The molecular formula is C14H21BrFN. The Labute approximate surface area is 112 Å². The van der Waals surface area contributed by atoms with Crippen LogP contribution in [0.5, 0.6) is 0 Å². The van der Waals surface area contributed by atoms with E-state index in [0.717, 1.165) is 24.1 Å². The van der Waals surface area contributed by atoms with E-state index < -0.39 is 0 Å². The van der Waals surface area contributed by atoms with Gasteiger partial charge in [0.1, 0.15) is 5.82 Å².